The van der Waals surface area contributed by atoms with Gasteiger partial charge in [0.25, 0.3) is 0 Å². The van der Waals surface area contributed by atoms with Gasteiger partial charge in [-0.05, 0) is 51.0 Å². The van der Waals surface area contributed by atoms with Crippen molar-refractivity contribution in [2.24, 2.45) is 0 Å². The van der Waals surface area contributed by atoms with E-state index in [-0.39, 0.29) is 4.75 Å². The van der Waals surface area contributed by atoms with Crippen molar-refractivity contribution in [2.45, 2.75) is 38.2 Å². The molecule has 0 fully saturated rings. The second-order valence-electron chi connectivity index (χ2n) is 4.86. The van der Waals surface area contributed by atoms with Crippen molar-refractivity contribution in [1.29, 1.82) is 5.26 Å². The average Bonchev–Trinajstić information content (AvgIpc) is 2.19. The molecule has 1 unspecified atom stereocenters. The fraction of sp³-hybridized carbons (Fsp3) is 0.462. The van der Waals surface area contributed by atoms with Crippen LogP contribution < -0.4 is 0 Å². The van der Waals surface area contributed by atoms with Crippen molar-refractivity contribution < 1.29 is 4.21 Å². The highest BCUT2D eigenvalue weighted by Crippen LogP contribution is 2.19. The van der Waals surface area contributed by atoms with E-state index >= 15 is 0 Å². The van der Waals surface area contributed by atoms with E-state index in [9.17, 15) is 4.21 Å². The Morgan fingerprint density at radius 3 is 2.44 bits per heavy atom. The van der Waals surface area contributed by atoms with E-state index in [1.54, 1.807) is 6.07 Å². The molecule has 0 aliphatic carbocycles. The smallest absolute Gasteiger partial charge is 0.0991 e. The first-order chi connectivity index (χ1) is 7.34. The van der Waals surface area contributed by atoms with E-state index in [0.29, 0.717) is 11.3 Å². The van der Waals surface area contributed by atoms with Crippen LogP contribution in [0.25, 0.3) is 0 Å². The minimum Gasteiger partial charge on any atom is -0.259 e. The maximum absolute atomic E-state index is 12.0. The zero-order valence-electron chi connectivity index (χ0n) is 10.2. The van der Waals surface area contributed by atoms with Crippen molar-refractivity contribution in [3.63, 3.8) is 0 Å². The van der Waals surface area contributed by atoms with E-state index < -0.39 is 10.8 Å². The molecule has 0 N–H and O–H groups in total. The van der Waals surface area contributed by atoms with E-state index in [1.807, 2.05) is 39.8 Å². The molecule has 0 saturated carbocycles. The lowest BCUT2D eigenvalue weighted by Crippen LogP contribution is -2.23. The van der Waals surface area contributed by atoms with Crippen molar-refractivity contribution in [1.82, 2.24) is 0 Å². The van der Waals surface area contributed by atoms with Crippen LogP contribution >= 0.6 is 0 Å². The third-order valence-corrected chi connectivity index (χ3v) is 4.38. The zero-order chi connectivity index (χ0) is 12.3. The summed E-state index contributed by atoms with van der Waals surface area (Å²) in [6, 6.07) is 7.63. The van der Waals surface area contributed by atoms with Gasteiger partial charge in [-0.2, -0.15) is 5.26 Å². The van der Waals surface area contributed by atoms with Gasteiger partial charge in [-0.25, -0.2) is 0 Å². The Hall–Kier alpha value is -1.14. The Morgan fingerprint density at radius 2 is 2.00 bits per heavy atom. The molecule has 0 bridgehead atoms. The van der Waals surface area contributed by atoms with E-state index in [2.05, 4.69) is 6.07 Å². The number of nitriles is 1. The molecule has 0 aliphatic rings. The van der Waals surface area contributed by atoms with Crippen LogP contribution in [0.1, 0.15) is 37.5 Å². The van der Waals surface area contributed by atoms with Crippen LogP contribution in [0.15, 0.2) is 18.2 Å². The predicted octanol–water partition coefficient (Wildman–Crippen LogP) is 2.91. The Bertz CT molecular complexity index is 452. The van der Waals surface area contributed by atoms with E-state index in [4.69, 9.17) is 5.26 Å². The summed E-state index contributed by atoms with van der Waals surface area (Å²) in [4.78, 5) is 0. The van der Waals surface area contributed by atoms with Crippen LogP contribution in [0.3, 0.4) is 0 Å². The predicted molar refractivity (Wildman–Crippen MR) is 67.5 cm³/mol. The molecule has 0 spiro atoms. The molecule has 3 heteroatoms. The summed E-state index contributed by atoms with van der Waals surface area (Å²) in [5, 5.41) is 8.75. The number of hydrogen-bond donors (Lipinski definition) is 0. The molecule has 16 heavy (non-hydrogen) atoms. The summed E-state index contributed by atoms with van der Waals surface area (Å²) in [5.74, 6) is 0.557. The Labute approximate surface area is 99.8 Å². The molecule has 0 radical (unpaired) electrons. The second kappa shape index (κ2) is 4.80. The van der Waals surface area contributed by atoms with Crippen molar-refractivity contribution in [2.75, 3.05) is 0 Å². The highest BCUT2D eigenvalue weighted by Gasteiger charge is 2.20. The van der Waals surface area contributed by atoms with Gasteiger partial charge in [-0.15, -0.1) is 0 Å². The number of hydrogen-bond acceptors (Lipinski definition) is 2. The molecule has 1 rings (SSSR count). The van der Waals surface area contributed by atoms with Gasteiger partial charge in [0.15, 0.2) is 0 Å². The van der Waals surface area contributed by atoms with Crippen LogP contribution in [0.5, 0.6) is 0 Å². The van der Waals surface area contributed by atoms with Crippen LogP contribution in [0.2, 0.25) is 0 Å². The van der Waals surface area contributed by atoms with Gasteiger partial charge >= 0.3 is 0 Å². The first-order valence-electron chi connectivity index (χ1n) is 5.22. The van der Waals surface area contributed by atoms with Gasteiger partial charge < -0.3 is 0 Å². The van der Waals surface area contributed by atoms with Gasteiger partial charge in [0.05, 0.1) is 11.6 Å². The zero-order valence-corrected chi connectivity index (χ0v) is 11.0. The highest BCUT2D eigenvalue weighted by atomic mass is 32.2. The molecule has 86 valence electrons. The lowest BCUT2D eigenvalue weighted by atomic mass is 10.1. The van der Waals surface area contributed by atoms with Crippen LogP contribution in [-0.2, 0) is 16.6 Å². The molecule has 1 atom stereocenters. The third kappa shape index (κ3) is 3.18. The fourth-order valence-electron chi connectivity index (χ4n) is 1.29. The summed E-state index contributed by atoms with van der Waals surface area (Å²) >= 11 is 0. The molecule has 1 aromatic rings. The van der Waals surface area contributed by atoms with Crippen molar-refractivity contribution in [3.05, 3.63) is 34.9 Å². The van der Waals surface area contributed by atoms with Gasteiger partial charge in [0, 0.05) is 21.3 Å². The minimum absolute atomic E-state index is 0.194. The second-order valence-corrected chi connectivity index (χ2v) is 7.06. The maximum Gasteiger partial charge on any atom is 0.0991 e. The standard InChI is InChI=1S/C13H17NOS/c1-10-7-11(8-14)5-6-12(10)9-16(15)13(2,3)4/h5-7H,9H2,1-4H3. The third-order valence-electron chi connectivity index (χ3n) is 2.44. The van der Waals surface area contributed by atoms with Gasteiger partial charge in [-0.3, -0.25) is 4.21 Å². The van der Waals surface area contributed by atoms with Crippen LogP contribution in [0, 0.1) is 18.3 Å². The summed E-state index contributed by atoms with van der Waals surface area (Å²) in [6.45, 7) is 7.88. The summed E-state index contributed by atoms with van der Waals surface area (Å²) in [7, 11) is -0.890. The largest absolute Gasteiger partial charge is 0.259 e. The molecular weight excluding hydrogens is 218 g/mol. The van der Waals surface area contributed by atoms with E-state index in [0.717, 1.165) is 11.1 Å². The summed E-state index contributed by atoms with van der Waals surface area (Å²) in [5.41, 5.74) is 2.76. The number of nitrogens with zero attached hydrogens (tertiary/aromatic N) is 1. The lowest BCUT2D eigenvalue weighted by Gasteiger charge is -2.18. The summed E-state index contributed by atoms with van der Waals surface area (Å²) < 4.78 is 11.8. The lowest BCUT2D eigenvalue weighted by molar-refractivity contribution is 0.648. The monoisotopic (exact) mass is 235 g/mol. The van der Waals surface area contributed by atoms with Crippen LogP contribution in [-0.4, -0.2) is 8.96 Å². The molecule has 0 amide bonds. The quantitative estimate of drug-likeness (QED) is 0.790. The highest BCUT2D eigenvalue weighted by molar-refractivity contribution is 7.85. The Kier molecular flexibility index (Phi) is 3.88. The van der Waals surface area contributed by atoms with E-state index in [1.165, 1.54) is 0 Å². The molecule has 0 heterocycles. The Balaban J connectivity index is 2.92. The van der Waals surface area contributed by atoms with Gasteiger partial charge in [-0.1, -0.05) is 6.07 Å². The summed E-state index contributed by atoms with van der Waals surface area (Å²) in [6.07, 6.45) is 0. The molecule has 2 nitrogen and oxygen atoms in total. The average molecular weight is 235 g/mol. The molecular formula is C13H17NOS. The normalized spacial score (nSPS) is 13.2. The SMILES string of the molecule is Cc1cc(C#N)ccc1CS(=O)C(C)(C)C. The van der Waals surface area contributed by atoms with Gasteiger partial charge in [0.2, 0.25) is 0 Å². The minimum atomic E-state index is -0.890. The molecule has 0 aliphatic heterocycles. The first kappa shape index (κ1) is 12.9. The molecule has 0 aromatic heterocycles. The maximum atomic E-state index is 12.0. The first-order valence-corrected chi connectivity index (χ1v) is 6.54. The van der Waals surface area contributed by atoms with Crippen molar-refractivity contribution >= 4 is 10.8 Å². The fourth-order valence-corrected chi connectivity index (χ4v) is 2.32. The number of aryl methyl sites for hydroxylation is 1. The van der Waals surface area contributed by atoms with Crippen LogP contribution in [0.4, 0.5) is 0 Å². The molecule has 0 saturated heterocycles. The number of rotatable bonds is 2. The van der Waals surface area contributed by atoms with Crippen molar-refractivity contribution in [3.8, 4) is 6.07 Å². The molecule has 1 aromatic carbocycles. The Morgan fingerprint density at radius 1 is 1.38 bits per heavy atom. The topological polar surface area (TPSA) is 40.9 Å². The number of benzene rings is 1. The van der Waals surface area contributed by atoms with Gasteiger partial charge in [0.1, 0.15) is 0 Å².